The fraction of sp³-hybridized carbons (Fsp3) is 0.955. The van der Waals surface area contributed by atoms with Gasteiger partial charge in [-0.25, -0.2) is 0 Å². The molecule has 0 aliphatic carbocycles. The second-order valence-electron chi connectivity index (χ2n) is 8.92. The smallest absolute Gasteiger partial charge is 0.259 e. The lowest BCUT2D eigenvalue weighted by molar-refractivity contribution is -0.166. The van der Waals surface area contributed by atoms with Gasteiger partial charge in [-0.05, 0) is 74.5 Å². The van der Waals surface area contributed by atoms with Crippen molar-refractivity contribution in [3.05, 3.63) is 0 Å². The first-order chi connectivity index (χ1) is 10.8. The molecule has 0 aliphatic rings. The maximum absolute atomic E-state index is 8.72. The van der Waals surface area contributed by atoms with Crippen LogP contribution in [0.2, 0.25) is 0 Å². The molecule has 0 saturated heterocycles. The maximum atomic E-state index is 8.72. The molecule has 29 heavy (non-hydrogen) atoms. The predicted octanol–water partition coefficient (Wildman–Crippen LogP) is 6.58. The molecule has 0 aromatic carbocycles. The van der Waals surface area contributed by atoms with E-state index in [4.69, 9.17) is 27.0 Å². The number of hydroxylamine groups is 4. The van der Waals surface area contributed by atoms with Crippen molar-refractivity contribution in [2.45, 2.75) is 109 Å². The Hall–Kier alpha value is -0.470. The van der Waals surface area contributed by atoms with Crippen LogP contribution < -0.4 is 0 Å². The summed E-state index contributed by atoms with van der Waals surface area (Å²) in [6.07, 6.45) is 0. The van der Waals surface area contributed by atoms with Gasteiger partial charge in [0.1, 0.15) is 5.60 Å². The number of hydrogen-bond acceptors (Lipinski definition) is 6. The number of rotatable bonds is 1. The highest BCUT2D eigenvalue weighted by atomic mass is 32.1. The highest BCUT2D eigenvalue weighted by molar-refractivity contribution is 7.80. The molecule has 0 aromatic heterocycles. The summed E-state index contributed by atoms with van der Waals surface area (Å²) in [6.45, 7) is 18.0. The van der Waals surface area contributed by atoms with Gasteiger partial charge in [0.25, 0.3) is 5.17 Å². The van der Waals surface area contributed by atoms with Crippen molar-refractivity contribution in [1.29, 1.82) is 0 Å². The largest absolute Gasteiger partial charge is 0.465 e. The molecule has 186 valence electrons. The van der Waals surface area contributed by atoms with Crippen LogP contribution in [0.4, 0.5) is 0 Å². The zero-order valence-electron chi connectivity index (χ0n) is 19.0. The van der Waals surface area contributed by atoms with E-state index in [-0.39, 0.29) is 46.4 Å². The van der Waals surface area contributed by atoms with E-state index in [1.54, 1.807) is 19.1 Å². The van der Waals surface area contributed by atoms with E-state index in [1.807, 2.05) is 67.7 Å². The molecule has 0 saturated carbocycles. The molecule has 0 aliphatic heterocycles. The Bertz CT molecular complexity index is 356. The second-order valence-corrected chi connectivity index (χ2v) is 9.27. The minimum Gasteiger partial charge on any atom is -0.465 e. The van der Waals surface area contributed by atoms with Gasteiger partial charge in [0.2, 0.25) is 0 Å². The average Bonchev–Trinajstić information content (AvgIpc) is 2.34. The topological polar surface area (TPSA) is 48.4 Å². The molecule has 7 heteroatoms. The van der Waals surface area contributed by atoms with Crippen LogP contribution in [0.3, 0.4) is 0 Å². The van der Waals surface area contributed by atoms with Crippen LogP contribution in [0.1, 0.15) is 92.0 Å². The Morgan fingerprint density at radius 3 is 1.03 bits per heavy atom. The first kappa shape index (κ1) is 46.6. The van der Waals surface area contributed by atoms with E-state index in [0.717, 1.165) is 0 Å². The highest BCUT2D eigenvalue weighted by Crippen LogP contribution is 2.09. The van der Waals surface area contributed by atoms with E-state index in [0.29, 0.717) is 5.17 Å². The third kappa shape index (κ3) is 35.3. The van der Waals surface area contributed by atoms with Crippen LogP contribution in [-0.2, 0) is 9.57 Å². The summed E-state index contributed by atoms with van der Waals surface area (Å²) in [6, 6.07) is 0. The Morgan fingerprint density at radius 1 is 0.724 bits per heavy atom. The van der Waals surface area contributed by atoms with Crippen LogP contribution in [0.5, 0.6) is 0 Å². The predicted molar refractivity (Wildman–Crippen MR) is 138 cm³/mol. The first-order valence-corrected chi connectivity index (χ1v) is 8.77. The SMILES string of the molecule is C.C.C.C.CN(C)C(=S)OC(C)(C)C.CN(O)C(C)(C)C.CON(C)C(C)(C)C. The lowest BCUT2D eigenvalue weighted by Gasteiger charge is -2.28. The molecule has 0 heterocycles. The number of ether oxygens (including phenoxy) is 1. The Morgan fingerprint density at radius 2 is 1.00 bits per heavy atom. The lowest BCUT2D eigenvalue weighted by atomic mass is 10.1. The standard InChI is InChI=1S/C7H15NOS.C6H15NO.C5H13NO.4CH4/c1-7(2,3)9-6(10)8(4)5;1-6(2,3)7(4)8-5;1-5(2,3)6(4)7;;;;/h1-5H3;1-5H3;7H,1-4H3;4*1H4. The van der Waals surface area contributed by atoms with Gasteiger partial charge in [-0.1, -0.05) is 29.7 Å². The summed E-state index contributed by atoms with van der Waals surface area (Å²) < 4.78 is 5.36. The van der Waals surface area contributed by atoms with Gasteiger partial charge in [0, 0.05) is 39.3 Å². The third-order valence-corrected chi connectivity index (χ3v) is 3.40. The summed E-state index contributed by atoms with van der Waals surface area (Å²) >= 11 is 4.93. The van der Waals surface area contributed by atoms with Crippen LogP contribution in [-0.4, -0.2) is 77.4 Å². The molecule has 0 fully saturated rings. The van der Waals surface area contributed by atoms with Gasteiger partial charge >= 0.3 is 0 Å². The van der Waals surface area contributed by atoms with Gasteiger partial charge in [0.05, 0.1) is 7.11 Å². The molecule has 1 N–H and O–H groups in total. The molecule has 0 atom stereocenters. The third-order valence-electron chi connectivity index (χ3n) is 2.95. The van der Waals surface area contributed by atoms with Crippen LogP contribution in [0.15, 0.2) is 0 Å². The van der Waals surface area contributed by atoms with Gasteiger partial charge in [0.15, 0.2) is 0 Å². The van der Waals surface area contributed by atoms with Crippen molar-refractivity contribution in [3.63, 3.8) is 0 Å². The van der Waals surface area contributed by atoms with Crippen molar-refractivity contribution in [1.82, 2.24) is 15.0 Å². The highest BCUT2D eigenvalue weighted by Gasteiger charge is 2.15. The summed E-state index contributed by atoms with van der Waals surface area (Å²) in [5.41, 5.74) is -0.171. The molecular formula is C22H59N3O3S. The normalized spacial score (nSPS) is 10.4. The van der Waals surface area contributed by atoms with E-state index >= 15 is 0 Å². The Labute approximate surface area is 191 Å². The molecule has 0 bridgehead atoms. The molecule has 0 aromatic rings. The van der Waals surface area contributed by atoms with Gasteiger partial charge in [-0.15, -0.1) is 0 Å². The second kappa shape index (κ2) is 19.5. The van der Waals surface area contributed by atoms with E-state index in [9.17, 15) is 0 Å². The van der Waals surface area contributed by atoms with Crippen LogP contribution in [0, 0.1) is 0 Å². The van der Waals surface area contributed by atoms with E-state index in [2.05, 4.69) is 20.8 Å². The van der Waals surface area contributed by atoms with E-state index in [1.165, 1.54) is 5.06 Å². The zero-order chi connectivity index (χ0) is 21.2. The molecule has 0 radical (unpaired) electrons. The van der Waals surface area contributed by atoms with Crippen molar-refractivity contribution in [2.24, 2.45) is 0 Å². The fourth-order valence-corrected chi connectivity index (χ4v) is 0.877. The van der Waals surface area contributed by atoms with Gasteiger partial charge in [-0.3, -0.25) is 0 Å². The molecule has 0 spiro atoms. The van der Waals surface area contributed by atoms with Crippen molar-refractivity contribution in [3.8, 4) is 0 Å². The monoisotopic (exact) mass is 445 g/mol. The minimum absolute atomic E-state index is 0. The van der Waals surface area contributed by atoms with Crippen LogP contribution in [0.25, 0.3) is 0 Å². The Kier molecular flexibility index (Phi) is 31.4. The van der Waals surface area contributed by atoms with Crippen molar-refractivity contribution in [2.75, 3.05) is 35.3 Å². The minimum atomic E-state index is -0.179. The number of thiocarbonyl (C=S) groups is 1. The summed E-state index contributed by atoms with van der Waals surface area (Å²) in [4.78, 5) is 6.73. The molecular weight excluding hydrogens is 386 g/mol. The molecule has 0 unspecified atom stereocenters. The summed E-state index contributed by atoms with van der Waals surface area (Å²) in [5.74, 6) is 0. The lowest BCUT2D eigenvalue weighted by Crippen LogP contribution is -2.36. The average molecular weight is 446 g/mol. The molecule has 0 rings (SSSR count). The number of nitrogens with zero attached hydrogens (tertiary/aromatic N) is 3. The summed E-state index contributed by atoms with van der Waals surface area (Å²) in [7, 11) is 8.97. The van der Waals surface area contributed by atoms with Crippen molar-refractivity contribution >= 4 is 17.4 Å². The van der Waals surface area contributed by atoms with Crippen molar-refractivity contribution < 1.29 is 14.8 Å². The van der Waals surface area contributed by atoms with E-state index < -0.39 is 0 Å². The first-order valence-electron chi connectivity index (χ1n) is 8.36. The maximum Gasteiger partial charge on any atom is 0.259 e. The van der Waals surface area contributed by atoms with Gasteiger partial charge < -0.3 is 19.7 Å². The summed E-state index contributed by atoms with van der Waals surface area (Å²) in [5, 5.41) is 12.3. The fourth-order valence-electron chi connectivity index (χ4n) is 0.627. The Balaban J connectivity index is -0.0000000475. The van der Waals surface area contributed by atoms with Gasteiger partial charge in [-0.2, -0.15) is 10.1 Å². The molecule has 0 amide bonds. The quantitative estimate of drug-likeness (QED) is 0.361. The number of hydrogen-bond donors (Lipinski definition) is 1. The van der Waals surface area contributed by atoms with Crippen LogP contribution >= 0.6 is 12.2 Å². The zero-order valence-corrected chi connectivity index (χ0v) is 19.8. The molecule has 6 nitrogen and oxygen atoms in total.